The fraction of sp³-hybridized carbons (Fsp3) is 0.333. The molecule has 0 radical (unpaired) electrons. The maximum absolute atomic E-state index is 12.4. The average molecular weight is 265 g/mol. The van der Waals surface area contributed by atoms with Crippen LogP contribution < -0.4 is 0 Å². The van der Waals surface area contributed by atoms with Crippen molar-refractivity contribution in [2.75, 3.05) is 0 Å². The highest BCUT2D eigenvalue weighted by atomic mass is 16.1. The van der Waals surface area contributed by atoms with Crippen molar-refractivity contribution in [1.82, 2.24) is 4.98 Å². The number of carbonyl (C=O) groups is 1. The van der Waals surface area contributed by atoms with Crippen LogP contribution in [0.2, 0.25) is 0 Å². The van der Waals surface area contributed by atoms with Gasteiger partial charge in [-0.1, -0.05) is 24.3 Å². The number of aryl methyl sites for hydroxylation is 2. The molecule has 2 aromatic rings. The highest BCUT2D eigenvalue weighted by Gasteiger charge is 2.22. The number of pyridine rings is 1. The summed E-state index contributed by atoms with van der Waals surface area (Å²) in [6.45, 7) is 1.94. The third-order valence-corrected chi connectivity index (χ3v) is 4.16. The molecule has 0 saturated heterocycles. The molecule has 1 aromatic heterocycles. The predicted molar refractivity (Wildman–Crippen MR) is 80.0 cm³/mol. The maximum atomic E-state index is 12.4. The lowest BCUT2D eigenvalue weighted by atomic mass is 9.80. The van der Waals surface area contributed by atoms with Crippen molar-refractivity contribution < 1.29 is 4.79 Å². The number of hydrogen-bond donors (Lipinski definition) is 0. The van der Waals surface area contributed by atoms with E-state index in [1.54, 1.807) is 6.20 Å². The molecule has 1 aliphatic carbocycles. The van der Waals surface area contributed by atoms with Gasteiger partial charge in [0.15, 0.2) is 5.78 Å². The lowest BCUT2D eigenvalue weighted by Gasteiger charge is -2.24. The summed E-state index contributed by atoms with van der Waals surface area (Å²) in [5, 5.41) is 0. The molecule has 0 saturated carbocycles. The van der Waals surface area contributed by atoms with Crippen LogP contribution in [-0.2, 0) is 6.42 Å². The minimum absolute atomic E-state index is 0.208. The zero-order valence-electron chi connectivity index (χ0n) is 11.8. The summed E-state index contributed by atoms with van der Waals surface area (Å²) in [5.41, 5.74) is 4.47. The lowest BCUT2D eigenvalue weighted by molar-refractivity contribution is 0.0970. The summed E-state index contributed by atoms with van der Waals surface area (Å²) in [6, 6.07) is 12.3. The molecule has 1 atom stereocenters. The van der Waals surface area contributed by atoms with E-state index < -0.39 is 0 Å². The molecule has 1 unspecified atom stereocenters. The zero-order chi connectivity index (χ0) is 13.9. The fourth-order valence-corrected chi connectivity index (χ4v) is 3.04. The Hall–Kier alpha value is -1.96. The van der Waals surface area contributed by atoms with Crippen LogP contribution >= 0.6 is 0 Å². The lowest BCUT2D eigenvalue weighted by Crippen LogP contribution is -2.14. The van der Waals surface area contributed by atoms with Gasteiger partial charge >= 0.3 is 0 Å². The van der Waals surface area contributed by atoms with Crippen LogP contribution in [0.5, 0.6) is 0 Å². The molecule has 3 rings (SSSR count). The van der Waals surface area contributed by atoms with Crippen LogP contribution in [0.15, 0.2) is 42.6 Å². The smallest absolute Gasteiger partial charge is 0.165 e. The molecule has 0 aliphatic heterocycles. The molecule has 2 nitrogen and oxygen atoms in total. The maximum Gasteiger partial charge on any atom is 0.165 e. The second-order valence-electron chi connectivity index (χ2n) is 5.60. The van der Waals surface area contributed by atoms with Crippen LogP contribution in [0, 0.1) is 6.92 Å². The number of benzene rings is 1. The van der Waals surface area contributed by atoms with Crippen LogP contribution in [-0.4, -0.2) is 10.8 Å². The molecule has 0 amide bonds. The average Bonchev–Trinajstić information content (AvgIpc) is 2.48. The first kappa shape index (κ1) is 13.0. The van der Waals surface area contributed by atoms with Crippen LogP contribution in [0.25, 0.3) is 0 Å². The van der Waals surface area contributed by atoms with Crippen molar-refractivity contribution in [1.29, 1.82) is 0 Å². The van der Waals surface area contributed by atoms with E-state index in [0.717, 1.165) is 24.1 Å². The molecule has 1 aromatic carbocycles. The van der Waals surface area contributed by atoms with Crippen molar-refractivity contribution in [2.45, 2.75) is 38.5 Å². The molecule has 0 spiro atoms. The quantitative estimate of drug-likeness (QED) is 0.783. The van der Waals surface area contributed by atoms with E-state index in [0.29, 0.717) is 12.3 Å². The van der Waals surface area contributed by atoms with Gasteiger partial charge in [-0.05, 0) is 55.4 Å². The molecule has 0 fully saturated rings. The van der Waals surface area contributed by atoms with Gasteiger partial charge in [-0.15, -0.1) is 0 Å². The van der Waals surface area contributed by atoms with Gasteiger partial charge in [0.1, 0.15) is 0 Å². The summed E-state index contributed by atoms with van der Waals surface area (Å²) in [7, 11) is 0. The van der Waals surface area contributed by atoms with Crippen molar-refractivity contribution in [3.05, 3.63) is 65.0 Å². The number of carbonyl (C=O) groups excluding carboxylic acids is 1. The molecule has 2 heteroatoms. The first-order valence-electron chi connectivity index (χ1n) is 7.27. The summed E-state index contributed by atoms with van der Waals surface area (Å²) in [6.07, 6.45) is 5.74. The molecule has 1 heterocycles. The van der Waals surface area contributed by atoms with E-state index in [1.165, 1.54) is 17.5 Å². The van der Waals surface area contributed by atoms with Gasteiger partial charge in [-0.3, -0.25) is 9.78 Å². The van der Waals surface area contributed by atoms with Gasteiger partial charge in [-0.25, -0.2) is 0 Å². The monoisotopic (exact) mass is 265 g/mol. The Morgan fingerprint density at radius 1 is 1.25 bits per heavy atom. The largest absolute Gasteiger partial charge is 0.294 e. The Kier molecular flexibility index (Phi) is 3.64. The van der Waals surface area contributed by atoms with Crippen LogP contribution in [0.3, 0.4) is 0 Å². The van der Waals surface area contributed by atoms with Crippen molar-refractivity contribution >= 4 is 5.78 Å². The van der Waals surface area contributed by atoms with E-state index >= 15 is 0 Å². The van der Waals surface area contributed by atoms with Crippen molar-refractivity contribution in [3.63, 3.8) is 0 Å². The molecular weight excluding hydrogens is 246 g/mol. The number of Topliss-reactive ketones (excluding diaryl/α,β-unsaturated/α-hetero) is 1. The molecule has 20 heavy (non-hydrogen) atoms. The fourth-order valence-electron chi connectivity index (χ4n) is 3.04. The molecule has 102 valence electrons. The van der Waals surface area contributed by atoms with Crippen molar-refractivity contribution in [2.24, 2.45) is 0 Å². The third kappa shape index (κ3) is 2.64. The molecule has 0 N–H and O–H groups in total. The Labute approximate surface area is 119 Å². The van der Waals surface area contributed by atoms with Crippen LogP contribution in [0.4, 0.5) is 0 Å². The van der Waals surface area contributed by atoms with Crippen molar-refractivity contribution in [3.8, 4) is 0 Å². The second kappa shape index (κ2) is 5.58. The zero-order valence-corrected chi connectivity index (χ0v) is 11.8. The first-order valence-corrected chi connectivity index (χ1v) is 7.27. The first-order chi connectivity index (χ1) is 9.74. The van der Waals surface area contributed by atoms with E-state index in [2.05, 4.69) is 29.2 Å². The summed E-state index contributed by atoms with van der Waals surface area (Å²) in [4.78, 5) is 16.6. The second-order valence-corrected chi connectivity index (χ2v) is 5.60. The number of nitrogens with zero attached hydrogens (tertiary/aromatic N) is 1. The van der Waals surface area contributed by atoms with Gasteiger partial charge in [0.25, 0.3) is 0 Å². The van der Waals surface area contributed by atoms with Crippen LogP contribution in [0.1, 0.15) is 52.4 Å². The third-order valence-electron chi connectivity index (χ3n) is 4.16. The van der Waals surface area contributed by atoms with Gasteiger partial charge in [0.2, 0.25) is 0 Å². The Bertz CT molecular complexity index is 616. The molecular formula is C18H19NO. The predicted octanol–water partition coefficient (Wildman–Crippen LogP) is 4.08. The molecule has 0 bridgehead atoms. The van der Waals surface area contributed by atoms with E-state index in [-0.39, 0.29) is 5.78 Å². The Balaban J connectivity index is 1.79. The SMILES string of the molecule is Cc1ccc(C(=O)CC2CCCc3ccccc32)cn1. The van der Waals surface area contributed by atoms with Gasteiger partial charge in [-0.2, -0.15) is 0 Å². The topological polar surface area (TPSA) is 30.0 Å². The number of aromatic nitrogens is 1. The number of hydrogen-bond acceptors (Lipinski definition) is 2. The Morgan fingerprint density at radius 2 is 2.10 bits per heavy atom. The van der Waals surface area contributed by atoms with E-state index in [4.69, 9.17) is 0 Å². The van der Waals surface area contributed by atoms with E-state index in [1.807, 2.05) is 19.1 Å². The minimum Gasteiger partial charge on any atom is -0.294 e. The summed E-state index contributed by atoms with van der Waals surface area (Å²) < 4.78 is 0. The number of fused-ring (bicyclic) bond motifs is 1. The van der Waals surface area contributed by atoms with Gasteiger partial charge in [0.05, 0.1) is 0 Å². The number of ketones is 1. The standard InChI is InChI=1S/C18H19NO/c1-13-9-10-16(12-19-13)18(20)11-15-7-4-6-14-5-2-3-8-17(14)15/h2-3,5,8-10,12,15H,4,6-7,11H2,1H3. The highest BCUT2D eigenvalue weighted by Crippen LogP contribution is 2.34. The molecule has 1 aliphatic rings. The van der Waals surface area contributed by atoms with Gasteiger partial charge < -0.3 is 0 Å². The highest BCUT2D eigenvalue weighted by molar-refractivity contribution is 5.96. The van der Waals surface area contributed by atoms with Gasteiger partial charge in [0, 0.05) is 23.9 Å². The minimum atomic E-state index is 0.208. The number of rotatable bonds is 3. The Morgan fingerprint density at radius 3 is 2.90 bits per heavy atom. The summed E-state index contributed by atoms with van der Waals surface area (Å²) >= 11 is 0. The summed E-state index contributed by atoms with van der Waals surface area (Å²) in [5.74, 6) is 0.577. The van der Waals surface area contributed by atoms with E-state index in [9.17, 15) is 4.79 Å². The normalized spacial score (nSPS) is 17.6.